The lowest BCUT2D eigenvalue weighted by Crippen LogP contribution is -2.09. The summed E-state index contributed by atoms with van der Waals surface area (Å²) in [6, 6.07) is 0. The van der Waals surface area contributed by atoms with E-state index >= 15 is 0 Å². The molecule has 0 radical (unpaired) electrons. The number of hydrogen-bond donors (Lipinski definition) is 0. The molecule has 0 aliphatic heterocycles. The van der Waals surface area contributed by atoms with Gasteiger partial charge in [0.25, 0.3) is 0 Å². The molecule has 0 N–H and O–H groups in total. The van der Waals surface area contributed by atoms with Crippen molar-refractivity contribution in [2.24, 2.45) is 0 Å². The highest BCUT2D eigenvalue weighted by molar-refractivity contribution is 7.17. The molecule has 0 bridgehead atoms. The van der Waals surface area contributed by atoms with Gasteiger partial charge in [-0.05, 0) is 28.0 Å². The minimum Gasteiger partial charge on any atom is -0.226 e. The van der Waals surface area contributed by atoms with Crippen LogP contribution in [0.2, 0.25) is 5.28 Å². The lowest BCUT2D eigenvalue weighted by Gasteiger charge is -2.17. The molecule has 0 unspecified atom stereocenters. The molecular formula is C10H11ClN2S. The van der Waals surface area contributed by atoms with E-state index in [0.29, 0.717) is 5.28 Å². The summed E-state index contributed by atoms with van der Waals surface area (Å²) in [5.41, 5.74) is 1.42. The maximum Gasteiger partial charge on any atom is 0.223 e. The Morgan fingerprint density at radius 3 is 2.71 bits per heavy atom. The predicted octanol–water partition coefficient (Wildman–Crippen LogP) is 3.64. The number of nitrogens with zero attached hydrogens (tertiary/aromatic N) is 2. The van der Waals surface area contributed by atoms with Crippen molar-refractivity contribution >= 4 is 33.2 Å². The van der Waals surface area contributed by atoms with Crippen LogP contribution in [-0.2, 0) is 5.41 Å². The summed E-state index contributed by atoms with van der Waals surface area (Å²) in [5.74, 6) is 0. The highest BCUT2D eigenvalue weighted by Crippen LogP contribution is 2.33. The van der Waals surface area contributed by atoms with Gasteiger partial charge in [0, 0.05) is 11.6 Å². The van der Waals surface area contributed by atoms with E-state index in [9.17, 15) is 0 Å². The Balaban J connectivity index is 2.70. The quantitative estimate of drug-likeness (QED) is 0.641. The van der Waals surface area contributed by atoms with Gasteiger partial charge in [0.2, 0.25) is 5.28 Å². The van der Waals surface area contributed by atoms with Gasteiger partial charge in [-0.2, -0.15) is 0 Å². The van der Waals surface area contributed by atoms with Gasteiger partial charge in [-0.15, -0.1) is 11.3 Å². The van der Waals surface area contributed by atoms with Gasteiger partial charge in [-0.1, -0.05) is 20.8 Å². The molecule has 2 heterocycles. The third-order valence-electron chi connectivity index (χ3n) is 2.11. The van der Waals surface area contributed by atoms with E-state index in [1.165, 1.54) is 5.56 Å². The van der Waals surface area contributed by atoms with Crippen LogP contribution in [0.4, 0.5) is 0 Å². The molecule has 0 aliphatic carbocycles. The topological polar surface area (TPSA) is 25.8 Å². The first-order chi connectivity index (χ1) is 6.48. The zero-order valence-electron chi connectivity index (χ0n) is 8.34. The zero-order chi connectivity index (χ0) is 10.3. The first kappa shape index (κ1) is 9.87. The van der Waals surface area contributed by atoms with E-state index in [1.54, 1.807) is 11.3 Å². The van der Waals surface area contributed by atoms with Gasteiger partial charge in [-0.25, -0.2) is 9.97 Å². The summed E-state index contributed by atoms with van der Waals surface area (Å²) in [4.78, 5) is 9.16. The third-order valence-corrected chi connectivity index (χ3v) is 3.18. The summed E-state index contributed by atoms with van der Waals surface area (Å²) in [7, 11) is 0. The van der Waals surface area contributed by atoms with Crippen LogP contribution in [0.25, 0.3) is 10.2 Å². The van der Waals surface area contributed by atoms with Crippen molar-refractivity contribution in [2.45, 2.75) is 26.2 Å². The predicted molar refractivity (Wildman–Crippen MR) is 61.1 cm³/mol. The largest absolute Gasteiger partial charge is 0.226 e. The maximum absolute atomic E-state index is 5.73. The fourth-order valence-electron chi connectivity index (χ4n) is 1.38. The van der Waals surface area contributed by atoms with Crippen molar-refractivity contribution in [3.8, 4) is 0 Å². The first-order valence-electron chi connectivity index (χ1n) is 4.39. The Morgan fingerprint density at radius 1 is 1.36 bits per heavy atom. The summed E-state index contributed by atoms with van der Waals surface area (Å²) >= 11 is 7.35. The van der Waals surface area contributed by atoms with Crippen LogP contribution in [0.1, 0.15) is 26.3 Å². The number of rotatable bonds is 0. The van der Waals surface area contributed by atoms with Crippen molar-refractivity contribution in [2.75, 3.05) is 0 Å². The molecule has 0 spiro atoms. The first-order valence-corrected chi connectivity index (χ1v) is 5.64. The van der Waals surface area contributed by atoms with E-state index < -0.39 is 0 Å². The Kier molecular flexibility index (Phi) is 2.24. The van der Waals surface area contributed by atoms with Crippen LogP contribution >= 0.6 is 22.9 Å². The maximum atomic E-state index is 5.73. The average Bonchev–Trinajstić information content (AvgIpc) is 2.45. The molecule has 0 saturated heterocycles. The Morgan fingerprint density at radius 2 is 2.07 bits per heavy atom. The summed E-state index contributed by atoms with van der Waals surface area (Å²) in [6.45, 7) is 6.55. The van der Waals surface area contributed by atoms with E-state index in [0.717, 1.165) is 10.2 Å². The third kappa shape index (κ3) is 1.62. The molecule has 2 aromatic heterocycles. The highest BCUT2D eigenvalue weighted by atomic mass is 35.5. The number of hydrogen-bond acceptors (Lipinski definition) is 3. The smallest absolute Gasteiger partial charge is 0.223 e. The van der Waals surface area contributed by atoms with E-state index in [1.807, 2.05) is 6.20 Å². The van der Waals surface area contributed by atoms with E-state index in [-0.39, 0.29) is 5.41 Å². The number of aromatic nitrogens is 2. The normalized spacial score (nSPS) is 12.3. The van der Waals surface area contributed by atoms with Crippen molar-refractivity contribution in [1.29, 1.82) is 0 Å². The fourth-order valence-corrected chi connectivity index (χ4v) is 2.70. The van der Waals surface area contributed by atoms with Crippen LogP contribution in [-0.4, -0.2) is 9.97 Å². The van der Waals surface area contributed by atoms with Crippen molar-refractivity contribution in [1.82, 2.24) is 9.97 Å². The molecule has 0 atom stereocenters. The van der Waals surface area contributed by atoms with Crippen LogP contribution in [0.15, 0.2) is 11.6 Å². The summed E-state index contributed by atoms with van der Waals surface area (Å²) in [5, 5.41) is 3.57. The van der Waals surface area contributed by atoms with Gasteiger partial charge in [0.1, 0.15) is 4.83 Å². The van der Waals surface area contributed by atoms with Crippen LogP contribution < -0.4 is 0 Å². The molecule has 2 nitrogen and oxygen atoms in total. The number of halogens is 1. The van der Waals surface area contributed by atoms with Gasteiger partial charge in [0.05, 0.1) is 0 Å². The second-order valence-corrected chi connectivity index (χ2v) is 5.45. The van der Waals surface area contributed by atoms with Crippen molar-refractivity contribution in [3.05, 3.63) is 22.4 Å². The van der Waals surface area contributed by atoms with Gasteiger partial charge in [0.15, 0.2) is 0 Å². The monoisotopic (exact) mass is 226 g/mol. The molecular weight excluding hydrogens is 216 g/mol. The molecule has 0 aromatic carbocycles. The molecule has 14 heavy (non-hydrogen) atoms. The standard InChI is InChI=1S/C10H11ClN2S/c1-10(2,3)7-5-14-8-6(7)4-12-9(11)13-8/h4-5H,1-3H3. The SMILES string of the molecule is CC(C)(C)c1csc2nc(Cl)ncc12. The zero-order valence-corrected chi connectivity index (χ0v) is 9.91. The van der Waals surface area contributed by atoms with E-state index in [2.05, 4.69) is 36.1 Å². The minimum absolute atomic E-state index is 0.134. The van der Waals surface area contributed by atoms with Crippen molar-refractivity contribution in [3.63, 3.8) is 0 Å². The summed E-state index contributed by atoms with van der Waals surface area (Å²) < 4.78 is 0. The van der Waals surface area contributed by atoms with Crippen LogP contribution in [0, 0.1) is 0 Å². The minimum atomic E-state index is 0.134. The van der Waals surface area contributed by atoms with Crippen molar-refractivity contribution < 1.29 is 0 Å². The van der Waals surface area contributed by atoms with E-state index in [4.69, 9.17) is 11.6 Å². The second-order valence-electron chi connectivity index (χ2n) is 4.26. The molecule has 74 valence electrons. The Hall–Kier alpha value is -0.670. The molecule has 2 aromatic rings. The lowest BCUT2D eigenvalue weighted by atomic mass is 9.88. The molecule has 0 fully saturated rings. The van der Waals surface area contributed by atoms with Gasteiger partial charge < -0.3 is 0 Å². The Labute approximate surface area is 92.0 Å². The summed E-state index contributed by atoms with van der Waals surface area (Å²) in [6.07, 6.45) is 1.81. The lowest BCUT2D eigenvalue weighted by molar-refractivity contribution is 0.597. The second kappa shape index (κ2) is 3.17. The average molecular weight is 227 g/mol. The molecule has 2 rings (SSSR count). The molecule has 0 aliphatic rings. The number of fused-ring (bicyclic) bond motifs is 1. The Bertz CT molecular complexity index is 470. The van der Waals surface area contributed by atoms with Gasteiger partial charge in [-0.3, -0.25) is 0 Å². The molecule has 0 amide bonds. The van der Waals surface area contributed by atoms with Crippen LogP contribution in [0.3, 0.4) is 0 Å². The number of thiophene rings is 1. The molecule has 0 saturated carbocycles. The molecule has 4 heteroatoms. The van der Waals surface area contributed by atoms with Crippen LogP contribution in [0.5, 0.6) is 0 Å². The fraction of sp³-hybridized carbons (Fsp3) is 0.400. The van der Waals surface area contributed by atoms with Gasteiger partial charge >= 0.3 is 0 Å². The highest BCUT2D eigenvalue weighted by Gasteiger charge is 2.19.